The van der Waals surface area contributed by atoms with E-state index in [-0.39, 0.29) is 0 Å². The zero-order valence-electron chi connectivity index (χ0n) is 12.7. The maximum Gasteiger partial charge on any atom is 0.127 e. The Morgan fingerprint density at radius 3 is 2.43 bits per heavy atom. The van der Waals surface area contributed by atoms with Gasteiger partial charge >= 0.3 is 0 Å². The predicted octanol–water partition coefficient (Wildman–Crippen LogP) is -1.63. The molecule has 0 amide bonds. The van der Waals surface area contributed by atoms with Gasteiger partial charge in [-0.2, -0.15) is 5.26 Å². The van der Waals surface area contributed by atoms with Crippen molar-refractivity contribution in [3.05, 3.63) is 29.8 Å². The third-order valence-electron chi connectivity index (χ3n) is 3.89. The summed E-state index contributed by atoms with van der Waals surface area (Å²) in [6.45, 7) is 8.06. The molecule has 114 valence electrons. The van der Waals surface area contributed by atoms with E-state index in [0.717, 1.165) is 18.9 Å². The number of hydrogen-bond acceptors (Lipinski definition) is 3. The number of rotatable bonds is 7. The van der Waals surface area contributed by atoms with Crippen molar-refractivity contribution < 1.29 is 19.3 Å². The van der Waals surface area contributed by atoms with Gasteiger partial charge in [0.2, 0.25) is 0 Å². The molecule has 1 heterocycles. The van der Waals surface area contributed by atoms with Crippen LogP contribution in [0.5, 0.6) is 5.75 Å². The summed E-state index contributed by atoms with van der Waals surface area (Å²) < 4.78 is 11.2. The second-order valence-corrected chi connectivity index (χ2v) is 5.55. The number of piperazine rings is 1. The SMILES string of the molecule is C[NH+]1CC[NH+](CCOCCOc2ccc(C#N)cc2)CC1. The van der Waals surface area contributed by atoms with Crippen LogP contribution in [0.1, 0.15) is 5.56 Å². The number of nitrogens with zero attached hydrogens (tertiary/aromatic N) is 1. The van der Waals surface area contributed by atoms with Crippen molar-refractivity contribution in [3.8, 4) is 11.8 Å². The molecule has 2 N–H and O–H groups in total. The molecule has 1 saturated heterocycles. The van der Waals surface area contributed by atoms with Crippen LogP contribution in [0.25, 0.3) is 0 Å². The van der Waals surface area contributed by atoms with Gasteiger partial charge in [-0.15, -0.1) is 0 Å². The Bertz CT molecular complexity index is 448. The number of hydrogen-bond donors (Lipinski definition) is 2. The lowest BCUT2D eigenvalue weighted by atomic mass is 10.2. The van der Waals surface area contributed by atoms with Gasteiger partial charge in [0.25, 0.3) is 0 Å². The molecule has 0 saturated carbocycles. The second-order valence-electron chi connectivity index (χ2n) is 5.55. The first-order valence-corrected chi connectivity index (χ1v) is 7.63. The van der Waals surface area contributed by atoms with Crippen LogP contribution < -0.4 is 14.5 Å². The lowest BCUT2D eigenvalue weighted by Crippen LogP contribution is -3.27. The van der Waals surface area contributed by atoms with Crippen molar-refractivity contribution >= 4 is 0 Å². The van der Waals surface area contributed by atoms with E-state index >= 15 is 0 Å². The van der Waals surface area contributed by atoms with Crippen LogP contribution in [0, 0.1) is 11.3 Å². The Kier molecular flexibility index (Phi) is 6.48. The third kappa shape index (κ3) is 5.72. The minimum Gasteiger partial charge on any atom is -0.491 e. The maximum absolute atomic E-state index is 8.71. The molecule has 0 bridgehead atoms. The molecule has 1 aliphatic rings. The molecule has 5 nitrogen and oxygen atoms in total. The summed E-state index contributed by atoms with van der Waals surface area (Å²) in [5.74, 6) is 0.783. The maximum atomic E-state index is 8.71. The summed E-state index contributed by atoms with van der Waals surface area (Å²) in [6.07, 6.45) is 0. The average molecular weight is 291 g/mol. The summed E-state index contributed by atoms with van der Waals surface area (Å²) >= 11 is 0. The Hall–Kier alpha value is -1.61. The highest BCUT2D eigenvalue weighted by atomic mass is 16.5. The number of quaternary nitrogens is 2. The van der Waals surface area contributed by atoms with Gasteiger partial charge in [-0.25, -0.2) is 0 Å². The van der Waals surface area contributed by atoms with E-state index in [1.807, 2.05) is 12.1 Å². The van der Waals surface area contributed by atoms with Crippen LogP contribution in [0.4, 0.5) is 0 Å². The summed E-state index contributed by atoms with van der Waals surface area (Å²) in [5, 5.41) is 8.71. The van der Waals surface area contributed by atoms with Gasteiger partial charge in [0, 0.05) is 0 Å². The molecule has 1 aliphatic heterocycles. The lowest BCUT2D eigenvalue weighted by molar-refractivity contribution is -1.00. The highest BCUT2D eigenvalue weighted by Crippen LogP contribution is 2.10. The molecule has 1 aromatic rings. The largest absolute Gasteiger partial charge is 0.491 e. The first-order valence-electron chi connectivity index (χ1n) is 7.63. The van der Waals surface area contributed by atoms with E-state index < -0.39 is 0 Å². The van der Waals surface area contributed by atoms with Crippen LogP contribution in [-0.4, -0.2) is 59.6 Å². The van der Waals surface area contributed by atoms with Crippen molar-refractivity contribution in [2.24, 2.45) is 0 Å². The van der Waals surface area contributed by atoms with Crippen LogP contribution in [0.15, 0.2) is 24.3 Å². The first kappa shape index (κ1) is 15.8. The van der Waals surface area contributed by atoms with Gasteiger partial charge in [-0.3, -0.25) is 0 Å². The fraction of sp³-hybridized carbons (Fsp3) is 0.562. The van der Waals surface area contributed by atoms with E-state index in [1.165, 1.54) is 26.2 Å². The Morgan fingerprint density at radius 1 is 1.05 bits per heavy atom. The van der Waals surface area contributed by atoms with Crippen molar-refractivity contribution in [2.45, 2.75) is 0 Å². The molecule has 5 heteroatoms. The predicted molar refractivity (Wildman–Crippen MR) is 79.7 cm³/mol. The number of likely N-dealkylation sites (N-methyl/N-ethyl adjacent to an activating group) is 1. The smallest absolute Gasteiger partial charge is 0.127 e. The minimum absolute atomic E-state index is 0.550. The molecule has 0 aromatic heterocycles. The molecule has 0 atom stereocenters. The van der Waals surface area contributed by atoms with Gasteiger partial charge in [0.1, 0.15) is 45.1 Å². The van der Waals surface area contributed by atoms with Crippen LogP contribution in [-0.2, 0) is 4.74 Å². The standard InChI is InChI=1S/C16H23N3O2/c1-18-6-8-19(9-7-18)10-11-20-12-13-21-16-4-2-15(14-17)3-5-16/h2-5H,6-13H2,1H3/p+2. The Labute approximate surface area is 126 Å². The van der Waals surface area contributed by atoms with Gasteiger partial charge in [-0.05, 0) is 24.3 Å². The number of nitriles is 1. The second kappa shape index (κ2) is 8.63. The first-order chi connectivity index (χ1) is 10.3. The van der Waals surface area contributed by atoms with Crippen LogP contribution >= 0.6 is 0 Å². The van der Waals surface area contributed by atoms with Gasteiger partial charge < -0.3 is 19.3 Å². The van der Waals surface area contributed by atoms with Crippen LogP contribution in [0.2, 0.25) is 0 Å². The summed E-state index contributed by atoms with van der Waals surface area (Å²) in [4.78, 5) is 3.28. The van der Waals surface area contributed by atoms with Crippen molar-refractivity contribution in [1.29, 1.82) is 5.26 Å². The fourth-order valence-electron chi connectivity index (χ4n) is 2.44. The van der Waals surface area contributed by atoms with Gasteiger partial charge in [0.15, 0.2) is 0 Å². The molecule has 1 fully saturated rings. The number of benzene rings is 1. The quantitative estimate of drug-likeness (QED) is 0.593. The van der Waals surface area contributed by atoms with E-state index in [0.29, 0.717) is 18.8 Å². The Balaban J connectivity index is 1.51. The summed E-state index contributed by atoms with van der Waals surface area (Å²) in [6, 6.07) is 9.24. The molecular formula is C16H25N3O2+2. The topological polar surface area (TPSA) is 51.1 Å². The molecule has 2 rings (SSSR count). The molecule has 0 unspecified atom stereocenters. The van der Waals surface area contributed by atoms with Crippen molar-refractivity contribution in [1.82, 2.24) is 0 Å². The van der Waals surface area contributed by atoms with Gasteiger partial charge in [-0.1, -0.05) is 0 Å². The third-order valence-corrected chi connectivity index (χ3v) is 3.89. The fourth-order valence-corrected chi connectivity index (χ4v) is 2.44. The molecular weight excluding hydrogens is 266 g/mol. The number of nitrogens with one attached hydrogen (secondary N) is 2. The normalized spacial score (nSPS) is 21.7. The molecule has 1 aromatic carbocycles. The highest BCUT2D eigenvalue weighted by molar-refractivity contribution is 5.34. The lowest BCUT2D eigenvalue weighted by Gasteiger charge is -2.27. The zero-order chi connectivity index (χ0) is 14.9. The molecule has 21 heavy (non-hydrogen) atoms. The average Bonchev–Trinajstić information content (AvgIpc) is 2.53. The van der Waals surface area contributed by atoms with Crippen molar-refractivity contribution in [2.75, 3.05) is 59.6 Å². The van der Waals surface area contributed by atoms with Gasteiger partial charge in [0.05, 0.1) is 31.9 Å². The summed E-state index contributed by atoms with van der Waals surface area (Å²) in [5.41, 5.74) is 0.649. The van der Waals surface area contributed by atoms with E-state index in [4.69, 9.17) is 14.7 Å². The monoisotopic (exact) mass is 291 g/mol. The zero-order valence-corrected chi connectivity index (χ0v) is 12.7. The van der Waals surface area contributed by atoms with Crippen LogP contribution in [0.3, 0.4) is 0 Å². The number of ether oxygens (including phenoxy) is 2. The van der Waals surface area contributed by atoms with Crippen molar-refractivity contribution in [3.63, 3.8) is 0 Å². The molecule has 0 spiro atoms. The van der Waals surface area contributed by atoms with E-state index in [2.05, 4.69) is 13.1 Å². The Morgan fingerprint density at radius 2 is 1.76 bits per heavy atom. The molecule has 0 radical (unpaired) electrons. The summed E-state index contributed by atoms with van der Waals surface area (Å²) in [7, 11) is 2.26. The minimum atomic E-state index is 0.550. The molecule has 0 aliphatic carbocycles. The van der Waals surface area contributed by atoms with E-state index in [9.17, 15) is 0 Å². The highest BCUT2D eigenvalue weighted by Gasteiger charge is 2.18. The van der Waals surface area contributed by atoms with E-state index in [1.54, 1.807) is 21.9 Å².